The summed E-state index contributed by atoms with van der Waals surface area (Å²) in [5, 5.41) is 1.49. The largest absolute Gasteiger partial charge is 0.203 e. The second-order valence-electron chi connectivity index (χ2n) is 7.01. The minimum Gasteiger partial charge on any atom is -0.203 e. The summed E-state index contributed by atoms with van der Waals surface area (Å²) in [6, 6.07) is 17.4. The van der Waals surface area contributed by atoms with Gasteiger partial charge in [-0.05, 0) is 11.1 Å². The third-order valence-electron chi connectivity index (χ3n) is 5.61. The molecule has 4 aromatic rings. The van der Waals surface area contributed by atoms with Crippen LogP contribution in [0.4, 0.5) is 22.0 Å². The van der Waals surface area contributed by atoms with Crippen molar-refractivity contribution in [3.05, 3.63) is 118 Å². The Bertz CT molecular complexity index is 1290. The maximum absolute atomic E-state index is 15.0. The normalized spacial score (nSPS) is 17.2. The molecule has 1 aliphatic carbocycles. The van der Waals surface area contributed by atoms with E-state index in [1.54, 1.807) is 54.6 Å². The molecular formula is C24H12F5Zr-. The number of fused-ring (bicyclic) bond motifs is 2. The maximum Gasteiger partial charge on any atom is 0.200 e. The fraction of sp³-hybridized carbons (Fsp3) is 0.0417. The maximum atomic E-state index is 15.0. The smallest absolute Gasteiger partial charge is 0.200 e. The Morgan fingerprint density at radius 2 is 1.27 bits per heavy atom. The molecule has 1 atom stereocenters. The number of benzene rings is 3. The van der Waals surface area contributed by atoms with Gasteiger partial charge in [0.2, 0.25) is 5.82 Å². The molecule has 0 fully saturated rings. The van der Waals surface area contributed by atoms with Crippen LogP contribution in [0.2, 0.25) is 0 Å². The van der Waals surface area contributed by atoms with Gasteiger partial charge in [0, 0.05) is 37.2 Å². The quantitative estimate of drug-likeness (QED) is 0.129. The van der Waals surface area contributed by atoms with Gasteiger partial charge in [0.15, 0.2) is 23.3 Å². The summed E-state index contributed by atoms with van der Waals surface area (Å²) >= 11 is 0. The second kappa shape index (κ2) is 7.35. The molecule has 6 heteroatoms. The monoisotopic (exact) mass is 485 g/mol. The molecular weight excluding hydrogens is 474 g/mol. The van der Waals surface area contributed by atoms with Crippen LogP contribution in [-0.2, 0) is 31.6 Å². The van der Waals surface area contributed by atoms with Crippen LogP contribution in [0.5, 0.6) is 0 Å². The van der Waals surface area contributed by atoms with E-state index in [0.717, 1.165) is 5.39 Å². The molecule has 0 heterocycles. The number of hydrogen-bond donors (Lipinski definition) is 0. The number of rotatable bonds is 2. The van der Waals surface area contributed by atoms with Gasteiger partial charge in [-0.25, -0.2) is 22.0 Å². The molecule has 0 saturated heterocycles. The Balaban J connectivity index is 0.00000218. The zero-order valence-corrected chi connectivity index (χ0v) is 17.8. The molecule has 0 aromatic heterocycles. The summed E-state index contributed by atoms with van der Waals surface area (Å²) in [4.78, 5) is 0. The molecule has 0 amide bonds. The summed E-state index contributed by atoms with van der Waals surface area (Å²) in [6.07, 6.45) is 3.16. The van der Waals surface area contributed by atoms with Gasteiger partial charge in [0.1, 0.15) is 0 Å². The first kappa shape index (κ1) is 20.8. The predicted molar refractivity (Wildman–Crippen MR) is 101 cm³/mol. The molecule has 0 radical (unpaired) electrons. The summed E-state index contributed by atoms with van der Waals surface area (Å²) in [7, 11) is 0. The van der Waals surface area contributed by atoms with Crippen molar-refractivity contribution in [1.82, 2.24) is 0 Å². The van der Waals surface area contributed by atoms with E-state index in [1.807, 2.05) is 12.1 Å². The minimum atomic E-state index is -2.17. The fourth-order valence-electron chi connectivity index (χ4n) is 4.34. The first-order valence-electron chi connectivity index (χ1n) is 8.92. The molecule has 4 aromatic carbocycles. The zero-order valence-electron chi connectivity index (χ0n) is 15.3. The molecule has 0 bridgehead atoms. The Morgan fingerprint density at radius 1 is 0.667 bits per heavy atom. The van der Waals surface area contributed by atoms with Gasteiger partial charge in [-0.15, -0.1) is 40.6 Å². The molecule has 0 aliphatic heterocycles. The van der Waals surface area contributed by atoms with E-state index in [4.69, 9.17) is 0 Å². The van der Waals surface area contributed by atoms with Crippen molar-refractivity contribution in [2.24, 2.45) is 0 Å². The van der Waals surface area contributed by atoms with Gasteiger partial charge < -0.3 is 0 Å². The van der Waals surface area contributed by atoms with Crippen molar-refractivity contribution in [3.63, 3.8) is 0 Å². The van der Waals surface area contributed by atoms with E-state index in [9.17, 15) is 13.2 Å². The van der Waals surface area contributed by atoms with Crippen LogP contribution in [0.25, 0.3) is 16.8 Å². The zero-order chi connectivity index (χ0) is 20.3. The van der Waals surface area contributed by atoms with Crippen molar-refractivity contribution in [1.29, 1.82) is 0 Å². The van der Waals surface area contributed by atoms with Gasteiger partial charge in [-0.2, -0.15) is 6.07 Å². The second-order valence-corrected chi connectivity index (χ2v) is 7.01. The van der Waals surface area contributed by atoms with E-state index in [1.165, 1.54) is 6.08 Å². The van der Waals surface area contributed by atoms with E-state index >= 15 is 8.78 Å². The average molecular weight is 487 g/mol. The summed E-state index contributed by atoms with van der Waals surface area (Å²) < 4.78 is 72.2. The van der Waals surface area contributed by atoms with Crippen molar-refractivity contribution in [3.8, 4) is 0 Å². The van der Waals surface area contributed by atoms with E-state index in [0.29, 0.717) is 22.1 Å². The molecule has 5 rings (SSSR count). The van der Waals surface area contributed by atoms with Crippen LogP contribution in [-0.4, -0.2) is 0 Å². The summed E-state index contributed by atoms with van der Waals surface area (Å²) in [5.74, 6) is -9.72. The first-order valence-corrected chi connectivity index (χ1v) is 8.92. The molecule has 1 unspecified atom stereocenters. The molecule has 148 valence electrons. The van der Waals surface area contributed by atoms with E-state index in [-0.39, 0.29) is 26.2 Å². The molecule has 0 spiro atoms. The van der Waals surface area contributed by atoms with Crippen LogP contribution >= 0.6 is 0 Å². The molecule has 0 nitrogen and oxygen atoms in total. The van der Waals surface area contributed by atoms with Crippen molar-refractivity contribution in [2.45, 2.75) is 5.41 Å². The van der Waals surface area contributed by atoms with Crippen LogP contribution in [0.1, 0.15) is 22.3 Å². The Kier molecular flexibility index (Phi) is 5.10. The summed E-state index contributed by atoms with van der Waals surface area (Å²) in [6.45, 7) is 0. The molecule has 1 aliphatic rings. The van der Waals surface area contributed by atoms with Crippen LogP contribution in [0.15, 0.2) is 66.7 Å². The van der Waals surface area contributed by atoms with Crippen LogP contribution in [0, 0.1) is 29.1 Å². The molecule has 0 N–H and O–H groups in total. The van der Waals surface area contributed by atoms with Crippen molar-refractivity contribution in [2.75, 3.05) is 0 Å². The first-order chi connectivity index (χ1) is 14.0. The minimum absolute atomic E-state index is 0. The third-order valence-corrected chi connectivity index (χ3v) is 5.61. The van der Waals surface area contributed by atoms with Gasteiger partial charge in [0.25, 0.3) is 0 Å². The average Bonchev–Trinajstić information content (AvgIpc) is 3.34. The van der Waals surface area contributed by atoms with Gasteiger partial charge in [-0.1, -0.05) is 42.5 Å². The summed E-state index contributed by atoms with van der Waals surface area (Å²) in [5.41, 5.74) is -0.950. The van der Waals surface area contributed by atoms with Gasteiger partial charge in [-0.3, -0.25) is 0 Å². The Morgan fingerprint density at radius 3 is 2.00 bits per heavy atom. The SMILES string of the molecule is Fc1c(F)c(F)c(C2([c-]3ccc4ccccc43)C=Cc3ccccc32)c(F)c1F.[Zr]. The fourth-order valence-corrected chi connectivity index (χ4v) is 4.34. The van der Waals surface area contributed by atoms with Crippen molar-refractivity contribution < 1.29 is 48.2 Å². The van der Waals surface area contributed by atoms with Gasteiger partial charge >= 0.3 is 0 Å². The predicted octanol–water partition coefficient (Wildman–Crippen LogP) is 6.61. The van der Waals surface area contributed by atoms with Gasteiger partial charge in [0.05, 0.1) is 0 Å². The number of hydrogen-bond acceptors (Lipinski definition) is 0. The van der Waals surface area contributed by atoms with Crippen molar-refractivity contribution >= 4 is 16.8 Å². The molecule has 30 heavy (non-hydrogen) atoms. The molecule has 0 saturated carbocycles. The van der Waals surface area contributed by atoms with Crippen LogP contribution < -0.4 is 0 Å². The third kappa shape index (κ3) is 2.63. The number of allylic oxidation sites excluding steroid dienone is 1. The van der Waals surface area contributed by atoms with Crippen LogP contribution in [0.3, 0.4) is 0 Å². The van der Waals surface area contributed by atoms with E-state index in [2.05, 4.69) is 0 Å². The topological polar surface area (TPSA) is 0 Å². The standard InChI is InChI=1S/C24H12F5.Zr/c25-19-18(20(26)22(28)23(29)21(19)27)24(12-11-14-6-2-4-8-16(14)24)17-10-9-13-5-1-3-7-15(13)17;/h1-12H;/q-1;. The number of halogens is 5. The van der Waals surface area contributed by atoms with E-state index < -0.39 is 40.1 Å². The Hall–Kier alpha value is -2.46. The Labute approximate surface area is 188 Å².